The van der Waals surface area contributed by atoms with E-state index in [-0.39, 0.29) is 5.41 Å². The highest BCUT2D eigenvalue weighted by atomic mass is 14.3. The molecule has 0 heteroatoms. The molecule has 0 aliphatic rings. The molecule has 0 aliphatic carbocycles. The summed E-state index contributed by atoms with van der Waals surface area (Å²) in [5.41, 5.74) is 3.43. The lowest BCUT2D eigenvalue weighted by atomic mass is 9.68. The van der Waals surface area contributed by atoms with Crippen LogP contribution in [-0.4, -0.2) is 0 Å². The summed E-state index contributed by atoms with van der Waals surface area (Å²) in [6, 6.07) is 0. The number of allylic oxidation sites excluding steroid dienone is 6. The molecule has 0 bridgehead atoms. The van der Waals surface area contributed by atoms with E-state index in [0.29, 0.717) is 0 Å². The molecule has 0 fully saturated rings. The lowest BCUT2D eigenvalue weighted by Crippen LogP contribution is -2.23. The maximum atomic E-state index is 4.14. The summed E-state index contributed by atoms with van der Waals surface area (Å²) in [6.45, 7) is 22.1. The van der Waals surface area contributed by atoms with E-state index in [9.17, 15) is 0 Å². The highest BCUT2D eigenvalue weighted by molar-refractivity contribution is 5.36. The van der Waals surface area contributed by atoms with Crippen LogP contribution in [0.3, 0.4) is 0 Å². The summed E-state index contributed by atoms with van der Waals surface area (Å²) in [5, 5.41) is 0. The van der Waals surface area contributed by atoms with Crippen LogP contribution in [-0.2, 0) is 0 Å². The third-order valence-electron chi connectivity index (χ3n) is 3.00. The summed E-state index contributed by atoms with van der Waals surface area (Å²) >= 11 is 0. The molecule has 0 saturated carbocycles. The summed E-state index contributed by atoms with van der Waals surface area (Å²) in [5.74, 6) is 0. The summed E-state index contributed by atoms with van der Waals surface area (Å²) in [7, 11) is 0. The minimum atomic E-state index is -0.0793. The Morgan fingerprint density at radius 1 is 1.19 bits per heavy atom. The molecule has 0 N–H and O–H groups in total. The largest absolute Gasteiger partial charge is 0.103 e. The van der Waals surface area contributed by atoms with Gasteiger partial charge in [0.2, 0.25) is 0 Å². The van der Waals surface area contributed by atoms with Crippen LogP contribution in [0.25, 0.3) is 0 Å². The molecule has 0 spiro atoms. The molecule has 0 aromatic rings. The van der Waals surface area contributed by atoms with Crippen molar-refractivity contribution >= 4 is 0 Å². The van der Waals surface area contributed by atoms with Gasteiger partial charge < -0.3 is 0 Å². The Balaban J connectivity index is 5.57. The third kappa shape index (κ3) is 3.10. The van der Waals surface area contributed by atoms with E-state index in [4.69, 9.17) is 0 Å². The Hall–Kier alpha value is -1.30. The summed E-state index contributed by atoms with van der Waals surface area (Å²) < 4.78 is 0. The van der Waals surface area contributed by atoms with E-state index in [2.05, 4.69) is 46.2 Å². The topological polar surface area (TPSA) is 0 Å². The van der Waals surface area contributed by atoms with Gasteiger partial charge in [-0.25, -0.2) is 0 Å². The standard InChI is InChI=1S/C16H24/c1-8-11-16(14(6)7,12-13(4)5)15(9-2)10-3/h8-10H,1-2,4,6,11-12H2,3,5,7H3. The van der Waals surface area contributed by atoms with Crippen LogP contribution in [0.4, 0.5) is 0 Å². The van der Waals surface area contributed by atoms with Crippen molar-refractivity contribution in [2.75, 3.05) is 0 Å². The Bertz CT molecular complexity index is 328. The fourth-order valence-electron chi connectivity index (χ4n) is 2.21. The van der Waals surface area contributed by atoms with Gasteiger partial charge in [-0.2, -0.15) is 0 Å². The molecule has 88 valence electrons. The zero-order chi connectivity index (χ0) is 12.8. The van der Waals surface area contributed by atoms with Crippen molar-refractivity contribution in [1.29, 1.82) is 0 Å². The van der Waals surface area contributed by atoms with Gasteiger partial charge in [-0.1, -0.05) is 42.5 Å². The van der Waals surface area contributed by atoms with Crippen molar-refractivity contribution in [3.63, 3.8) is 0 Å². The van der Waals surface area contributed by atoms with Gasteiger partial charge in [-0.05, 0) is 39.2 Å². The first kappa shape index (κ1) is 14.7. The summed E-state index contributed by atoms with van der Waals surface area (Å²) in [4.78, 5) is 0. The molecule has 0 amide bonds. The lowest BCUT2D eigenvalue weighted by Gasteiger charge is -2.35. The molecule has 1 unspecified atom stereocenters. The van der Waals surface area contributed by atoms with Crippen LogP contribution < -0.4 is 0 Å². The molecule has 0 aromatic carbocycles. The SMILES string of the molecule is C=CCC(CC(=C)C)(C(=C)C)C(C=C)=CC. The smallest absolute Gasteiger partial charge is 0.0224 e. The normalized spacial score (nSPS) is 15.1. The highest BCUT2D eigenvalue weighted by Gasteiger charge is 2.32. The second kappa shape index (κ2) is 6.32. The monoisotopic (exact) mass is 216 g/mol. The Morgan fingerprint density at radius 3 is 2.00 bits per heavy atom. The molecule has 0 aromatic heterocycles. The number of hydrogen-bond acceptors (Lipinski definition) is 0. The van der Waals surface area contributed by atoms with E-state index >= 15 is 0 Å². The van der Waals surface area contributed by atoms with E-state index in [1.807, 2.05) is 19.1 Å². The van der Waals surface area contributed by atoms with Gasteiger partial charge in [-0.15, -0.1) is 13.2 Å². The van der Waals surface area contributed by atoms with E-state index in [1.165, 1.54) is 5.57 Å². The molecular formula is C16H24. The van der Waals surface area contributed by atoms with Crippen molar-refractivity contribution in [2.45, 2.75) is 33.6 Å². The average Bonchev–Trinajstić information content (AvgIpc) is 2.18. The van der Waals surface area contributed by atoms with Crippen LogP contribution in [0, 0.1) is 5.41 Å². The maximum absolute atomic E-state index is 4.14. The predicted octanol–water partition coefficient (Wildman–Crippen LogP) is 5.22. The minimum absolute atomic E-state index is 0.0793. The molecule has 0 nitrogen and oxygen atoms in total. The molecule has 0 aliphatic heterocycles. The highest BCUT2D eigenvalue weighted by Crippen LogP contribution is 2.44. The maximum Gasteiger partial charge on any atom is 0.0224 e. The van der Waals surface area contributed by atoms with Crippen molar-refractivity contribution in [1.82, 2.24) is 0 Å². The van der Waals surface area contributed by atoms with Gasteiger partial charge in [0.25, 0.3) is 0 Å². The van der Waals surface area contributed by atoms with Gasteiger partial charge >= 0.3 is 0 Å². The fraction of sp³-hybridized carbons (Fsp3) is 0.375. The molecule has 16 heavy (non-hydrogen) atoms. The van der Waals surface area contributed by atoms with Crippen LogP contribution in [0.2, 0.25) is 0 Å². The number of hydrogen-bond donors (Lipinski definition) is 0. The molecule has 0 saturated heterocycles. The van der Waals surface area contributed by atoms with Crippen LogP contribution >= 0.6 is 0 Å². The molecule has 0 heterocycles. The first-order valence-corrected chi connectivity index (χ1v) is 5.65. The number of rotatable bonds is 7. The van der Waals surface area contributed by atoms with Crippen molar-refractivity contribution in [3.8, 4) is 0 Å². The average molecular weight is 216 g/mol. The summed E-state index contributed by atoms with van der Waals surface area (Å²) in [6.07, 6.45) is 7.75. The fourth-order valence-corrected chi connectivity index (χ4v) is 2.21. The first-order valence-electron chi connectivity index (χ1n) is 5.65. The van der Waals surface area contributed by atoms with Gasteiger partial charge in [0.05, 0.1) is 0 Å². The second-order valence-electron chi connectivity index (χ2n) is 4.44. The van der Waals surface area contributed by atoms with E-state index < -0.39 is 0 Å². The second-order valence-corrected chi connectivity index (χ2v) is 4.44. The zero-order valence-electron chi connectivity index (χ0n) is 11.0. The molecular weight excluding hydrogens is 192 g/mol. The predicted molar refractivity (Wildman–Crippen MR) is 75.4 cm³/mol. The van der Waals surface area contributed by atoms with Crippen LogP contribution in [0.5, 0.6) is 0 Å². The van der Waals surface area contributed by atoms with Crippen LogP contribution in [0.15, 0.2) is 61.3 Å². The van der Waals surface area contributed by atoms with Gasteiger partial charge in [0, 0.05) is 5.41 Å². The van der Waals surface area contributed by atoms with Gasteiger partial charge in [0.1, 0.15) is 0 Å². The lowest BCUT2D eigenvalue weighted by molar-refractivity contribution is 0.441. The molecule has 1 atom stereocenters. The third-order valence-corrected chi connectivity index (χ3v) is 3.00. The minimum Gasteiger partial charge on any atom is -0.103 e. The Morgan fingerprint density at radius 2 is 1.75 bits per heavy atom. The van der Waals surface area contributed by atoms with E-state index in [0.717, 1.165) is 24.0 Å². The van der Waals surface area contributed by atoms with Crippen molar-refractivity contribution < 1.29 is 0 Å². The molecule has 0 radical (unpaired) electrons. The Kier molecular flexibility index (Phi) is 5.81. The van der Waals surface area contributed by atoms with Crippen molar-refractivity contribution in [2.24, 2.45) is 5.41 Å². The first-order chi connectivity index (χ1) is 7.44. The van der Waals surface area contributed by atoms with Crippen LogP contribution in [0.1, 0.15) is 33.6 Å². The zero-order valence-corrected chi connectivity index (χ0v) is 11.0. The van der Waals surface area contributed by atoms with Crippen molar-refractivity contribution in [3.05, 3.63) is 61.3 Å². The van der Waals surface area contributed by atoms with Gasteiger partial charge in [-0.3, -0.25) is 0 Å². The quantitative estimate of drug-likeness (QED) is 0.404. The Labute approximate surface area is 101 Å². The van der Waals surface area contributed by atoms with E-state index in [1.54, 1.807) is 0 Å². The van der Waals surface area contributed by atoms with Gasteiger partial charge in [0.15, 0.2) is 0 Å². The molecule has 0 rings (SSSR count).